The Balaban J connectivity index is 1.78. The van der Waals surface area contributed by atoms with Crippen molar-refractivity contribution in [2.75, 3.05) is 33.5 Å². The van der Waals surface area contributed by atoms with E-state index in [0.717, 1.165) is 5.57 Å². The number of H-pyrrole nitrogens is 1. The van der Waals surface area contributed by atoms with Crippen molar-refractivity contribution in [3.8, 4) is 0 Å². The molecule has 13 heteroatoms. The van der Waals surface area contributed by atoms with Crippen molar-refractivity contribution in [3.63, 3.8) is 0 Å². The van der Waals surface area contributed by atoms with Gasteiger partial charge in [0, 0.05) is 34.4 Å². The first-order valence-corrected chi connectivity index (χ1v) is 12.6. The smallest absolute Gasteiger partial charge is 0.410 e. The number of likely N-dealkylation sites (N-methyl/N-ethyl adjacent to an activating group) is 1. The van der Waals surface area contributed by atoms with E-state index < -0.39 is 23.7 Å². The van der Waals surface area contributed by atoms with Crippen molar-refractivity contribution >= 4 is 40.8 Å². The van der Waals surface area contributed by atoms with Crippen LogP contribution >= 0.6 is 0 Å². The van der Waals surface area contributed by atoms with Crippen molar-refractivity contribution in [3.05, 3.63) is 64.3 Å². The van der Waals surface area contributed by atoms with Crippen molar-refractivity contribution in [2.24, 2.45) is 0 Å². The Kier molecular flexibility index (Phi) is 9.90. The largest absolute Gasteiger partial charge is 0.436 e. The van der Waals surface area contributed by atoms with Gasteiger partial charge in [0.05, 0.1) is 12.2 Å². The molecule has 0 saturated heterocycles. The van der Waals surface area contributed by atoms with Gasteiger partial charge in [0.2, 0.25) is 5.91 Å². The fourth-order valence-electron chi connectivity index (χ4n) is 3.53. The molecule has 3 heterocycles. The number of pyridine rings is 1. The Hall–Kier alpha value is -4.81. The number of carbonyl (C=O) groups is 3. The molecule has 1 unspecified atom stereocenters. The second-order valence-corrected chi connectivity index (χ2v) is 9.69. The topological polar surface area (TPSA) is 155 Å². The lowest BCUT2D eigenvalue weighted by Crippen LogP contribution is -2.37. The molecule has 0 bridgehead atoms. The summed E-state index contributed by atoms with van der Waals surface area (Å²) in [4.78, 5) is 68.9. The second-order valence-electron chi connectivity index (χ2n) is 9.69. The summed E-state index contributed by atoms with van der Waals surface area (Å²) in [5.41, 5.74) is 2.42. The molecule has 0 spiro atoms. The minimum atomic E-state index is -1.19. The van der Waals surface area contributed by atoms with E-state index in [1.54, 1.807) is 32.4 Å². The lowest BCUT2D eigenvalue weighted by atomic mass is 10.1. The van der Waals surface area contributed by atoms with Gasteiger partial charge in [0.15, 0.2) is 11.8 Å². The van der Waals surface area contributed by atoms with Crippen molar-refractivity contribution in [1.29, 1.82) is 0 Å². The molecule has 0 radical (unpaired) electrons. The molecule has 3 rings (SSSR count). The molecule has 13 nitrogen and oxygen atoms in total. The molecule has 1 atom stereocenters. The number of nitrogens with zero attached hydrogens (tertiary/aromatic N) is 6. The Bertz CT molecular complexity index is 1500. The zero-order chi connectivity index (χ0) is 29.4. The standard InChI is InChI=1S/C27H34N8O5/c1-17(2)14-19-23-24(29-16-28-19)32-21(31-23)15-35-13-9-10-18(26(35)38)30-25(37)20(40-27(39)34(5)6)11-7-8-12-22(36)33(3)4/h8-10,12-14,16,20H,7,11,15H2,1-6H3,(H,30,37)(H,28,29,31,32). The van der Waals surface area contributed by atoms with Gasteiger partial charge in [-0.1, -0.05) is 11.6 Å². The highest BCUT2D eigenvalue weighted by Crippen LogP contribution is 2.16. The van der Waals surface area contributed by atoms with Crippen LogP contribution in [0.4, 0.5) is 10.5 Å². The Morgan fingerprint density at radius 2 is 1.90 bits per heavy atom. The molecule has 3 aromatic heterocycles. The molecule has 0 aromatic carbocycles. The number of anilines is 1. The van der Waals surface area contributed by atoms with Gasteiger partial charge in [-0.05, 0) is 51.0 Å². The highest BCUT2D eigenvalue weighted by Gasteiger charge is 2.24. The van der Waals surface area contributed by atoms with Gasteiger partial charge in [0.25, 0.3) is 11.5 Å². The molecule has 2 N–H and O–H groups in total. The Labute approximate surface area is 231 Å². The summed E-state index contributed by atoms with van der Waals surface area (Å²) in [5.74, 6) is -0.384. The number of fused-ring (bicyclic) bond motifs is 1. The molecular weight excluding hydrogens is 516 g/mol. The fraction of sp³-hybridized carbons (Fsp3) is 0.370. The number of imidazole rings is 1. The van der Waals surface area contributed by atoms with Crippen LogP contribution in [0.2, 0.25) is 0 Å². The highest BCUT2D eigenvalue weighted by molar-refractivity contribution is 5.95. The second kappa shape index (κ2) is 13.3. The molecular formula is C27H34N8O5. The number of hydrogen-bond donors (Lipinski definition) is 2. The monoisotopic (exact) mass is 550 g/mol. The van der Waals surface area contributed by atoms with Crippen LogP contribution in [0.25, 0.3) is 17.2 Å². The van der Waals surface area contributed by atoms with E-state index in [2.05, 4.69) is 25.3 Å². The summed E-state index contributed by atoms with van der Waals surface area (Å²) in [6.07, 6.45) is 6.39. The maximum Gasteiger partial charge on any atom is 0.410 e. The Morgan fingerprint density at radius 1 is 1.15 bits per heavy atom. The molecule has 0 aliphatic carbocycles. The van der Waals surface area contributed by atoms with Crippen molar-refractivity contribution < 1.29 is 19.1 Å². The third-order valence-electron chi connectivity index (χ3n) is 5.59. The van der Waals surface area contributed by atoms with E-state index >= 15 is 0 Å². The third kappa shape index (κ3) is 7.85. The molecule has 0 fully saturated rings. The quantitative estimate of drug-likeness (QED) is 0.365. The van der Waals surface area contributed by atoms with Gasteiger partial charge >= 0.3 is 6.09 Å². The first-order chi connectivity index (χ1) is 19.0. The number of amides is 3. The molecule has 3 aromatic rings. The average molecular weight is 551 g/mol. The number of aromatic nitrogens is 5. The van der Waals surface area contributed by atoms with E-state index in [1.807, 2.05) is 19.9 Å². The SMILES string of the molecule is CC(C)=Cc1ncnc2nc(Cn3cccc(NC(=O)C(CCC=CC(=O)N(C)C)OC(=O)N(C)C)c3=O)[nH]c12. The number of nitrogens with one attached hydrogen (secondary N) is 2. The molecule has 40 heavy (non-hydrogen) atoms. The van der Waals surface area contributed by atoms with E-state index in [-0.39, 0.29) is 24.6 Å². The zero-order valence-corrected chi connectivity index (χ0v) is 23.5. The molecule has 0 aliphatic rings. The maximum atomic E-state index is 13.2. The minimum Gasteiger partial charge on any atom is -0.436 e. The van der Waals surface area contributed by atoms with E-state index in [0.29, 0.717) is 29.1 Å². The van der Waals surface area contributed by atoms with Crippen LogP contribution in [-0.4, -0.2) is 86.5 Å². The van der Waals surface area contributed by atoms with Gasteiger partial charge in [-0.25, -0.2) is 19.7 Å². The summed E-state index contributed by atoms with van der Waals surface area (Å²) >= 11 is 0. The predicted molar refractivity (Wildman–Crippen MR) is 150 cm³/mol. The number of allylic oxidation sites excluding steroid dienone is 2. The van der Waals surface area contributed by atoms with Crippen LogP contribution in [0.15, 0.2) is 47.2 Å². The first-order valence-electron chi connectivity index (χ1n) is 12.6. The van der Waals surface area contributed by atoms with Gasteiger partial charge in [-0.2, -0.15) is 0 Å². The summed E-state index contributed by atoms with van der Waals surface area (Å²) in [6.45, 7) is 4.01. The third-order valence-corrected chi connectivity index (χ3v) is 5.59. The lowest BCUT2D eigenvalue weighted by Gasteiger charge is -2.19. The predicted octanol–water partition coefficient (Wildman–Crippen LogP) is 2.42. The average Bonchev–Trinajstić information content (AvgIpc) is 3.31. The van der Waals surface area contributed by atoms with Crippen LogP contribution < -0.4 is 10.9 Å². The van der Waals surface area contributed by atoms with Crippen LogP contribution in [0.5, 0.6) is 0 Å². The van der Waals surface area contributed by atoms with E-state index in [4.69, 9.17) is 4.74 Å². The number of hydrogen-bond acceptors (Lipinski definition) is 8. The number of rotatable bonds is 10. The molecule has 3 amide bonds. The van der Waals surface area contributed by atoms with Crippen molar-refractivity contribution in [2.45, 2.75) is 39.3 Å². The van der Waals surface area contributed by atoms with Crippen LogP contribution in [0, 0.1) is 0 Å². The Morgan fingerprint density at radius 3 is 2.58 bits per heavy atom. The fourth-order valence-corrected chi connectivity index (χ4v) is 3.53. The number of aromatic amines is 1. The van der Waals surface area contributed by atoms with Crippen LogP contribution in [0.1, 0.15) is 38.2 Å². The zero-order valence-electron chi connectivity index (χ0n) is 23.5. The van der Waals surface area contributed by atoms with E-state index in [9.17, 15) is 19.2 Å². The molecule has 212 valence electrons. The van der Waals surface area contributed by atoms with Crippen molar-refractivity contribution in [1.82, 2.24) is 34.3 Å². The first kappa shape index (κ1) is 29.7. The normalized spacial score (nSPS) is 11.8. The highest BCUT2D eigenvalue weighted by atomic mass is 16.6. The summed E-state index contributed by atoms with van der Waals surface area (Å²) in [7, 11) is 6.24. The van der Waals surface area contributed by atoms with Gasteiger partial charge in [-0.3, -0.25) is 14.4 Å². The lowest BCUT2D eigenvalue weighted by molar-refractivity contribution is -0.125. The van der Waals surface area contributed by atoms with Gasteiger partial charge in [-0.15, -0.1) is 0 Å². The number of carbonyl (C=O) groups excluding carboxylic acids is 3. The molecule has 0 saturated carbocycles. The minimum absolute atomic E-state index is 0.0119. The summed E-state index contributed by atoms with van der Waals surface area (Å²) in [5, 5.41) is 2.58. The van der Waals surface area contributed by atoms with Crippen LogP contribution in [0.3, 0.4) is 0 Å². The van der Waals surface area contributed by atoms with E-state index in [1.165, 1.54) is 46.9 Å². The maximum absolute atomic E-state index is 13.2. The summed E-state index contributed by atoms with van der Waals surface area (Å²) in [6, 6.07) is 3.08. The van der Waals surface area contributed by atoms with Gasteiger partial charge < -0.3 is 29.4 Å². The van der Waals surface area contributed by atoms with Crippen LogP contribution in [-0.2, 0) is 20.9 Å². The summed E-state index contributed by atoms with van der Waals surface area (Å²) < 4.78 is 6.73. The van der Waals surface area contributed by atoms with Gasteiger partial charge in [0.1, 0.15) is 23.4 Å². The number of ether oxygens (including phenoxy) is 1. The molecule has 0 aliphatic heterocycles.